The lowest BCUT2D eigenvalue weighted by Crippen LogP contribution is -2.50. The van der Waals surface area contributed by atoms with E-state index < -0.39 is 23.7 Å². The molecule has 1 saturated carbocycles. The number of fused-ring (bicyclic) bond motifs is 5. The number of aliphatic hydroxyl groups is 3. The predicted molar refractivity (Wildman–Crippen MR) is 83.0 cm³/mol. The molecule has 0 amide bonds. The number of piperidine rings is 1. The summed E-state index contributed by atoms with van der Waals surface area (Å²) in [6.45, 7) is 1.69. The molecule has 2 unspecified atom stereocenters. The minimum absolute atomic E-state index is 0.170. The largest absolute Gasteiger partial charge is 0.396 e. The van der Waals surface area contributed by atoms with Crippen molar-refractivity contribution in [2.75, 3.05) is 18.6 Å². The van der Waals surface area contributed by atoms with Gasteiger partial charge in [0.1, 0.15) is 6.10 Å². The van der Waals surface area contributed by atoms with Crippen LogP contribution >= 0.6 is 11.8 Å². The Kier molecular flexibility index (Phi) is 2.72. The molecule has 1 aromatic rings. The molecule has 0 aromatic carbocycles. The number of hydrogen-bond donors (Lipinski definition) is 4. The molecule has 0 radical (unpaired) electrons. The number of nitrogens with two attached hydrogens (primary N) is 1. The van der Waals surface area contributed by atoms with Crippen molar-refractivity contribution in [3.63, 3.8) is 0 Å². The van der Waals surface area contributed by atoms with E-state index in [2.05, 4.69) is 15.0 Å². The maximum Gasteiger partial charge on any atom is 0.267 e. The fourth-order valence-electron chi connectivity index (χ4n) is 4.40. The zero-order valence-electron chi connectivity index (χ0n) is 12.2. The Morgan fingerprint density at radius 2 is 2.14 bits per heavy atom. The molecule has 1 aromatic heterocycles. The Morgan fingerprint density at radius 1 is 1.41 bits per heavy atom. The fourth-order valence-corrected chi connectivity index (χ4v) is 4.77. The van der Waals surface area contributed by atoms with Crippen LogP contribution in [0.3, 0.4) is 0 Å². The lowest BCUT2D eigenvalue weighted by molar-refractivity contribution is -0.0286. The molecule has 3 heterocycles. The van der Waals surface area contributed by atoms with Crippen LogP contribution in [0.4, 0.5) is 17.3 Å². The Bertz CT molecular complexity index is 700. The Labute approximate surface area is 131 Å². The number of aliphatic hydroxyl groups excluding tert-OH is 3. The van der Waals surface area contributed by atoms with Crippen molar-refractivity contribution in [2.24, 2.45) is 10.9 Å². The van der Waals surface area contributed by atoms with Crippen molar-refractivity contribution in [3.05, 3.63) is 0 Å². The van der Waals surface area contributed by atoms with Gasteiger partial charge in [0.25, 0.3) is 5.82 Å². The smallest absolute Gasteiger partial charge is 0.267 e. The molecular weight excluding hydrogens is 306 g/mol. The molecule has 2 fully saturated rings. The second kappa shape index (κ2) is 4.18. The van der Waals surface area contributed by atoms with Crippen LogP contribution in [0, 0.1) is 5.92 Å². The Morgan fingerprint density at radius 3 is 2.77 bits per heavy atom. The molecule has 0 bridgehead atoms. The summed E-state index contributed by atoms with van der Waals surface area (Å²) in [5.74, 6) is 0.532. The number of aliphatic imine (C=N–C) groups is 1. The van der Waals surface area contributed by atoms with Crippen molar-refractivity contribution >= 4 is 35.4 Å². The molecule has 8 nitrogen and oxygen atoms in total. The second-order valence-corrected chi connectivity index (χ2v) is 7.02. The number of thioether (sulfide) groups is 1. The third-order valence-corrected chi connectivity index (χ3v) is 6.07. The number of nitrogens with zero attached hydrogens (tertiary/aromatic N) is 4. The minimum atomic E-state index is -0.957. The molecule has 5 N–H and O–H groups in total. The predicted octanol–water partition coefficient (Wildman–Crippen LogP) is -0.754. The van der Waals surface area contributed by atoms with Crippen LogP contribution in [0.1, 0.15) is 6.92 Å². The summed E-state index contributed by atoms with van der Waals surface area (Å²) in [6.07, 6.45) is 1.67. The molecule has 9 heteroatoms. The number of rotatable bonds is 2. The summed E-state index contributed by atoms with van der Waals surface area (Å²) in [4.78, 5) is 13.1. The standard InChI is InChI=1S/C13H18N5O3S/c1-13-8(5(3-19)7(20)9(13)21)18(13)4-15-6-10(14)16-12(22-2)17-11(6)18/h4-5,7-9,19-21H,3H2,1-2H3,(H2,14,16,17)/q+1/t5-,7-,8?,9-,13-,18?/m1/s1. The van der Waals surface area contributed by atoms with Crippen LogP contribution in [-0.2, 0) is 0 Å². The highest BCUT2D eigenvalue weighted by atomic mass is 32.2. The van der Waals surface area contributed by atoms with Crippen LogP contribution in [0.25, 0.3) is 0 Å². The van der Waals surface area contributed by atoms with Crippen LogP contribution in [0.15, 0.2) is 10.1 Å². The van der Waals surface area contributed by atoms with Gasteiger partial charge in [-0.3, -0.25) is 0 Å². The first-order valence-electron chi connectivity index (χ1n) is 7.06. The fraction of sp³-hybridized carbons (Fsp3) is 0.615. The van der Waals surface area contributed by atoms with Crippen molar-refractivity contribution in [1.82, 2.24) is 14.5 Å². The van der Waals surface area contributed by atoms with Crippen LogP contribution in [0.5, 0.6) is 0 Å². The summed E-state index contributed by atoms with van der Waals surface area (Å²) in [7, 11) is 0. The SMILES string of the molecule is CSc1nc(N)c2c(n1)[N+]1(C=N2)C2[C@H](CO)[C@@H](O)[C@@H](O)[C@@]21C. The molecule has 1 saturated heterocycles. The second-order valence-electron chi connectivity index (χ2n) is 6.24. The van der Waals surface area contributed by atoms with Crippen molar-refractivity contribution in [1.29, 1.82) is 0 Å². The van der Waals surface area contributed by atoms with E-state index in [0.29, 0.717) is 22.5 Å². The maximum atomic E-state index is 10.5. The minimum Gasteiger partial charge on any atom is -0.396 e. The molecule has 1 aliphatic carbocycles. The summed E-state index contributed by atoms with van der Waals surface area (Å²) >= 11 is 1.38. The molecule has 1 spiro atoms. The van der Waals surface area contributed by atoms with E-state index in [-0.39, 0.29) is 17.1 Å². The molecular formula is C13H18N5O3S+. The van der Waals surface area contributed by atoms with Gasteiger partial charge in [0.2, 0.25) is 0 Å². The van der Waals surface area contributed by atoms with Gasteiger partial charge < -0.3 is 21.1 Å². The van der Waals surface area contributed by atoms with Gasteiger partial charge in [-0.2, -0.15) is 9.98 Å². The van der Waals surface area contributed by atoms with Crippen LogP contribution in [0.2, 0.25) is 0 Å². The van der Waals surface area contributed by atoms with Gasteiger partial charge in [-0.25, -0.2) is 9.47 Å². The highest BCUT2D eigenvalue weighted by molar-refractivity contribution is 7.98. The van der Waals surface area contributed by atoms with E-state index in [4.69, 9.17) is 5.73 Å². The highest BCUT2D eigenvalue weighted by Gasteiger charge is 2.90. The molecule has 22 heavy (non-hydrogen) atoms. The quantitative estimate of drug-likeness (QED) is 0.244. The average molecular weight is 324 g/mol. The lowest BCUT2D eigenvalue weighted by atomic mass is 10.0. The van der Waals surface area contributed by atoms with E-state index >= 15 is 0 Å². The zero-order valence-corrected chi connectivity index (χ0v) is 13.0. The van der Waals surface area contributed by atoms with Gasteiger partial charge in [0.15, 0.2) is 34.6 Å². The molecule has 6 atom stereocenters. The van der Waals surface area contributed by atoms with Crippen molar-refractivity contribution in [3.8, 4) is 0 Å². The average Bonchev–Trinajstić information content (AvgIpc) is 2.77. The first-order chi connectivity index (χ1) is 10.4. The van der Waals surface area contributed by atoms with E-state index in [1.807, 2.05) is 13.2 Å². The Hall–Kier alpha value is -1.26. The normalized spacial score (nSPS) is 44.4. The number of aromatic nitrogens is 2. The van der Waals surface area contributed by atoms with E-state index in [1.165, 1.54) is 11.8 Å². The summed E-state index contributed by atoms with van der Waals surface area (Å²) in [6, 6.07) is -0.170. The van der Waals surface area contributed by atoms with Gasteiger partial charge in [-0.15, -0.1) is 0 Å². The Balaban J connectivity index is 1.89. The lowest BCUT2D eigenvalue weighted by Gasteiger charge is -2.27. The van der Waals surface area contributed by atoms with E-state index in [1.54, 1.807) is 6.34 Å². The van der Waals surface area contributed by atoms with Gasteiger partial charge >= 0.3 is 0 Å². The maximum absolute atomic E-state index is 10.5. The first-order valence-corrected chi connectivity index (χ1v) is 8.28. The monoisotopic (exact) mass is 324 g/mol. The molecule has 4 rings (SSSR count). The number of nitrogen functional groups attached to an aromatic ring is 1. The molecule has 3 aliphatic rings. The number of anilines is 1. The van der Waals surface area contributed by atoms with Gasteiger partial charge in [-0.1, -0.05) is 11.8 Å². The van der Waals surface area contributed by atoms with Gasteiger partial charge in [0.05, 0.1) is 18.6 Å². The van der Waals surface area contributed by atoms with Crippen molar-refractivity contribution < 1.29 is 15.3 Å². The topological polar surface area (TPSA) is 125 Å². The summed E-state index contributed by atoms with van der Waals surface area (Å²) in [5, 5.41) is 30.8. The van der Waals surface area contributed by atoms with Gasteiger partial charge in [0, 0.05) is 6.92 Å². The summed E-state index contributed by atoms with van der Waals surface area (Å²) in [5.41, 5.74) is 5.84. The summed E-state index contributed by atoms with van der Waals surface area (Å²) < 4.78 is 0.228. The third-order valence-electron chi connectivity index (χ3n) is 5.52. The van der Waals surface area contributed by atoms with E-state index in [9.17, 15) is 15.3 Å². The zero-order chi connectivity index (χ0) is 15.9. The molecule has 2 aliphatic heterocycles. The van der Waals surface area contributed by atoms with E-state index in [0.717, 1.165) is 0 Å². The van der Waals surface area contributed by atoms with Gasteiger partial charge in [-0.05, 0) is 6.26 Å². The number of quaternary nitrogens is 1. The van der Waals surface area contributed by atoms with Crippen LogP contribution in [-0.4, -0.2) is 68.3 Å². The van der Waals surface area contributed by atoms with Crippen molar-refractivity contribution in [2.45, 2.75) is 35.9 Å². The van der Waals surface area contributed by atoms with Crippen LogP contribution < -0.4 is 10.2 Å². The highest BCUT2D eigenvalue weighted by Crippen LogP contribution is 2.66. The first kappa shape index (κ1) is 14.3. The third kappa shape index (κ3) is 1.29. The number of hydrogen-bond acceptors (Lipinski definition) is 8. The molecule has 118 valence electrons.